The summed E-state index contributed by atoms with van der Waals surface area (Å²) in [5, 5.41) is 107. The highest BCUT2D eigenvalue weighted by Gasteiger charge is 2.46. The van der Waals surface area contributed by atoms with Gasteiger partial charge in [0.1, 0.15) is 61.2 Å². The van der Waals surface area contributed by atoms with Crippen molar-refractivity contribution >= 4 is 54.8 Å². The third kappa shape index (κ3) is 38.2. The molecule has 1 unspecified atom stereocenters. The van der Waals surface area contributed by atoms with Crippen molar-refractivity contribution in [3.8, 4) is 0 Å². The van der Waals surface area contributed by atoms with E-state index in [0.717, 1.165) is 7.11 Å². The maximum absolute atomic E-state index is 14.5. The van der Waals surface area contributed by atoms with E-state index in [1.807, 2.05) is 0 Å². The Bertz CT molecular complexity index is 2530. The van der Waals surface area contributed by atoms with E-state index in [2.05, 4.69) is 36.4 Å². The van der Waals surface area contributed by atoms with E-state index in [1.165, 1.54) is 6.92 Å². The second-order valence-electron chi connectivity index (χ2n) is 27.2. The second kappa shape index (κ2) is 54.2. The smallest absolute Gasteiger partial charge is 0.394 e. The molecule has 3 rings (SSSR count). The van der Waals surface area contributed by atoms with Crippen molar-refractivity contribution in [2.45, 2.75) is 261 Å². The quantitative estimate of drug-likeness (QED) is 0.0263. The third-order valence-corrected chi connectivity index (χ3v) is 19.5. The van der Waals surface area contributed by atoms with Crippen LogP contribution in [0, 0.1) is 23.7 Å². The molecular weight excluding hydrogens is 1410 g/mol. The molecule has 3 fully saturated rings. The first kappa shape index (κ1) is 94.8. The summed E-state index contributed by atoms with van der Waals surface area (Å²) >= 11 is 0. The average Bonchev–Trinajstić information content (AvgIpc) is 0.834. The lowest BCUT2D eigenvalue weighted by Crippen LogP contribution is -2.64. The molecule has 3 saturated heterocycles. The molecular formula is C69H125N6O29P. The molecule has 3 aliphatic heterocycles. The number of aliphatic hydroxyl groups excluding tert-OH is 9. The highest BCUT2D eigenvalue weighted by Crippen LogP contribution is 2.42. The number of ether oxygens (including phenoxy) is 8. The number of phosphoric acid groups is 1. The molecule has 35 nitrogen and oxygen atoms in total. The van der Waals surface area contributed by atoms with Gasteiger partial charge in [0.05, 0.1) is 57.9 Å². The number of phosphoric ester groups is 1. The molecule has 0 aromatic carbocycles. The highest BCUT2D eigenvalue weighted by atomic mass is 31.2. The van der Waals surface area contributed by atoms with Crippen LogP contribution in [0.25, 0.3) is 0 Å². The Kier molecular flexibility index (Phi) is 49.0. The predicted molar refractivity (Wildman–Crippen MR) is 374 cm³/mol. The number of rotatable bonds is 59. The molecule has 19 atom stereocenters. The first-order valence-corrected chi connectivity index (χ1v) is 38.8. The lowest BCUT2D eigenvalue weighted by molar-refractivity contribution is -0.282. The molecule has 0 aliphatic carbocycles. The fraction of sp³-hybridized carbons (Fsp3) is 0.884. The van der Waals surface area contributed by atoms with Crippen LogP contribution in [-0.2, 0) is 89.9 Å². The molecule has 0 aromatic heterocycles. The summed E-state index contributed by atoms with van der Waals surface area (Å²) in [4.78, 5) is 114. The molecule has 0 spiro atoms. The number of carbonyl (C=O) groups excluding carboxylic acids is 8. The molecule has 0 aromatic rings. The van der Waals surface area contributed by atoms with Gasteiger partial charge in [-0.3, -0.25) is 47.4 Å². The molecule has 610 valence electrons. The predicted octanol–water partition coefficient (Wildman–Crippen LogP) is -0.761. The van der Waals surface area contributed by atoms with E-state index >= 15 is 0 Å². The van der Waals surface area contributed by atoms with Gasteiger partial charge in [-0.05, 0) is 103 Å². The number of ketones is 2. The minimum absolute atomic E-state index is 0.0104. The molecule has 3 heterocycles. The number of hydrogen-bond acceptors (Lipinski definition) is 28. The van der Waals surface area contributed by atoms with Crippen LogP contribution in [0.1, 0.15) is 175 Å². The molecule has 36 heteroatoms. The largest absolute Gasteiger partial charge is 0.471 e. The van der Waals surface area contributed by atoms with Gasteiger partial charge in [-0.1, -0.05) is 33.6 Å². The van der Waals surface area contributed by atoms with Crippen molar-refractivity contribution in [1.29, 1.82) is 0 Å². The Balaban J connectivity index is 1.60. The standard InChI is InChI=1S/C69H125N6O29P/c1-44(21-6-12-28-70-55(82)25-9-16-33-98-67-45(2)60(86)62(88)52(40-76)102-67)51(81)39-48(22-7-13-29-71-56(83)27-11-18-35-100-69-59(74-47(4)79)65(91)64(90)54(42-78)104-69)66(92)75-49(50(80)24-20-32-96-37-38-97-43-58(85)73-31-15-19-36-101-105(93,94)95-5)23-8-14-30-72-57(84)26-10-17-34-99-68-46(3)61(87)63(89)53(41-77)103-68/h44-46,48-49,52-54,59-65,67-69,76-78,86-91H,6-43H2,1-5H3,(H,70,82)(H,71,83)(H,72,84)(H,73,85)(H,74,79)(H,75,92)(H,93,94)/t44-,45+,46+,48+,49-,52+,53+,54+,59+,60+,61+,62-,63-,64-,65+,67+,68+,69+/m0/s1. The minimum atomic E-state index is -4.08. The maximum atomic E-state index is 14.5. The van der Waals surface area contributed by atoms with Gasteiger partial charge in [0.15, 0.2) is 24.7 Å². The van der Waals surface area contributed by atoms with Gasteiger partial charge in [0, 0.05) is 122 Å². The highest BCUT2D eigenvalue weighted by molar-refractivity contribution is 7.47. The fourth-order valence-corrected chi connectivity index (χ4v) is 12.4. The molecule has 16 N–H and O–H groups in total. The van der Waals surface area contributed by atoms with Crippen LogP contribution in [0.5, 0.6) is 0 Å². The number of amides is 6. The summed E-state index contributed by atoms with van der Waals surface area (Å²) < 4.78 is 65.7. The molecule has 6 amide bonds. The van der Waals surface area contributed by atoms with Crippen LogP contribution in [-0.4, -0.2) is 290 Å². The van der Waals surface area contributed by atoms with E-state index < -0.39 is 149 Å². The molecule has 0 radical (unpaired) electrons. The average molecular weight is 1530 g/mol. The third-order valence-electron chi connectivity index (χ3n) is 18.6. The zero-order valence-corrected chi connectivity index (χ0v) is 62.8. The van der Waals surface area contributed by atoms with Crippen molar-refractivity contribution in [2.24, 2.45) is 23.7 Å². The first-order valence-electron chi connectivity index (χ1n) is 37.3. The van der Waals surface area contributed by atoms with Crippen molar-refractivity contribution in [3.05, 3.63) is 0 Å². The van der Waals surface area contributed by atoms with Gasteiger partial charge in [0.2, 0.25) is 35.4 Å². The maximum Gasteiger partial charge on any atom is 0.471 e. The van der Waals surface area contributed by atoms with Gasteiger partial charge in [-0.2, -0.15) is 0 Å². The van der Waals surface area contributed by atoms with Gasteiger partial charge in [-0.25, -0.2) is 4.57 Å². The van der Waals surface area contributed by atoms with Crippen LogP contribution in [0.15, 0.2) is 0 Å². The normalized spacial score (nSPS) is 26.1. The number of aliphatic hydroxyl groups is 9. The topological polar surface area (TPSA) is 520 Å². The van der Waals surface area contributed by atoms with Crippen LogP contribution < -0.4 is 31.9 Å². The summed E-state index contributed by atoms with van der Waals surface area (Å²) in [5.74, 6) is -4.90. The van der Waals surface area contributed by atoms with E-state index in [1.54, 1.807) is 20.8 Å². The monoisotopic (exact) mass is 1530 g/mol. The minimum Gasteiger partial charge on any atom is -0.394 e. The summed E-state index contributed by atoms with van der Waals surface area (Å²) in [5.41, 5.74) is 0. The van der Waals surface area contributed by atoms with Gasteiger partial charge in [0.25, 0.3) is 0 Å². The molecule has 3 aliphatic rings. The van der Waals surface area contributed by atoms with Crippen LogP contribution >= 0.6 is 7.82 Å². The summed E-state index contributed by atoms with van der Waals surface area (Å²) in [6.07, 6.45) is -5.65. The van der Waals surface area contributed by atoms with Crippen molar-refractivity contribution in [3.63, 3.8) is 0 Å². The number of hydrogen-bond donors (Lipinski definition) is 16. The summed E-state index contributed by atoms with van der Waals surface area (Å²) in [6, 6.07) is -2.08. The number of nitrogens with one attached hydrogen (secondary N) is 6. The summed E-state index contributed by atoms with van der Waals surface area (Å²) in [7, 11) is -3.02. The number of Topliss-reactive ketones (excluding diaryl/α,β-unsaturated/α-hetero) is 2. The molecule has 105 heavy (non-hydrogen) atoms. The Morgan fingerprint density at radius 3 is 1.38 bits per heavy atom. The zero-order chi connectivity index (χ0) is 77.7. The first-order chi connectivity index (χ1) is 50.2. The summed E-state index contributed by atoms with van der Waals surface area (Å²) in [6.45, 7) is 6.47. The van der Waals surface area contributed by atoms with Gasteiger partial charge < -0.3 is 121 Å². The van der Waals surface area contributed by atoms with Crippen LogP contribution in [0.3, 0.4) is 0 Å². The van der Waals surface area contributed by atoms with Gasteiger partial charge in [-0.15, -0.1) is 0 Å². The van der Waals surface area contributed by atoms with E-state index in [9.17, 15) is 93.8 Å². The van der Waals surface area contributed by atoms with Gasteiger partial charge >= 0.3 is 7.82 Å². The number of unbranched alkanes of at least 4 members (excludes halogenated alkanes) is 7. The molecule has 0 bridgehead atoms. The van der Waals surface area contributed by atoms with Crippen LogP contribution in [0.2, 0.25) is 0 Å². The zero-order valence-electron chi connectivity index (χ0n) is 61.9. The Morgan fingerprint density at radius 1 is 0.467 bits per heavy atom. The number of carbonyl (C=O) groups is 8. The molecule has 0 saturated carbocycles. The van der Waals surface area contributed by atoms with E-state index in [4.69, 9.17) is 42.4 Å². The fourth-order valence-electron chi connectivity index (χ4n) is 11.9. The Labute approximate surface area is 616 Å². The lowest BCUT2D eigenvalue weighted by Gasteiger charge is -2.42. The van der Waals surface area contributed by atoms with Crippen molar-refractivity contribution < 1.29 is 141 Å². The SMILES string of the molecule is COP(=O)(O)OCCCCNC(=O)COCCOCCCC(=O)[C@H](CCCCNC(=O)CCCCO[C@@H]1O[C@H](CO)[C@H](O)[C@H](O)[C@H]1C)NC(=O)[C@H](CCCCNC(=O)CCCCO[C@@H]1O[C@H](CO)[C@H](O)[C@H](O)[C@H]1NC(C)=O)CC(=O)[C@@H](C)CCCCNC(=O)CCCCO[C@@H]1O[C@H](CO)[C@H](O)[C@H](O)[C@H]1C. The Morgan fingerprint density at radius 2 is 0.895 bits per heavy atom. The Hall–Kier alpha value is -4.41. The van der Waals surface area contributed by atoms with E-state index in [0.29, 0.717) is 103 Å². The lowest BCUT2D eigenvalue weighted by atomic mass is 9.88. The van der Waals surface area contributed by atoms with Crippen LogP contribution in [0.4, 0.5) is 0 Å². The van der Waals surface area contributed by atoms with E-state index in [-0.39, 0.29) is 159 Å². The van der Waals surface area contributed by atoms with Crippen molar-refractivity contribution in [2.75, 3.05) is 106 Å². The second-order valence-corrected chi connectivity index (χ2v) is 28.8. The van der Waals surface area contributed by atoms with Crippen molar-refractivity contribution in [1.82, 2.24) is 31.9 Å².